The Morgan fingerprint density at radius 3 is 2.29 bits per heavy atom. The lowest BCUT2D eigenvalue weighted by atomic mass is 9.83. The summed E-state index contributed by atoms with van der Waals surface area (Å²) in [6, 6.07) is 0. The quantitative estimate of drug-likeness (QED) is 0.593. The molecule has 0 bridgehead atoms. The van der Waals surface area contributed by atoms with Gasteiger partial charge in [-0.25, -0.2) is 0 Å². The average Bonchev–Trinajstić information content (AvgIpc) is 2.27. The highest BCUT2D eigenvalue weighted by atomic mass is 15.2. The monoisotopic (exact) mass is 197 g/mol. The summed E-state index contributed by atoms with van der Waals surface area (Å²) in [6.45, 7) is 2.22. The molecule has 82 valence electrons. The molecule has 0 radical (unpaired) electrons. The molecule has 0 aromatic carbocycles. The van der Waals surface area contributed by atoms with E-state index < -0.39 is 0 Å². The van der Waals surface area contributed by atoms with Crippen LogP contribution in [0.3, 0.4) is 0 Å². The molecule has 0 unspecified atom stereocenters. The third-order valence-electron chi connectivity index (χ3n) is 3.37. The first-order valence-corrected chi connectivity index (χ1v) is 5.52. The number of likely N-dealkylation sites (N-methyl/N-ethyl adjacent to an activating group) is 2. The predicted molar refractivity (Wildman–Crippen MR) is 61.1 cm³/mol. The molecule has 3 nitrogen and oxygen atoms in total. The van der Waals surface area contributed by atoms with Crippen molar-refractivity contribution in [3.63, 3.8) is 0 Å². The molecule has 3 heteroatoms. The Morgan fingerprint density at radius 1 is 1.21 bits per heavy atom. The average molecular weight is 197 g/mol. The maximum atomic E-state index is 3.42. The van der Waals surface area contributed by atoms with Gasteiger partial charge in [0.2, 0.25) is 0 Å². The summed E-state index contributed by atoms with van der Waals surface area (Å²) >= 11 is 0. The molecule has 0 spiro atoms. The van der Waals surface area contributed by atoms with Crippen LogP contribution in [0.1, 0.15) is 32.6 Å². The van der Waals surface area contributed by atoms with Crippen molar-refractivity contribution in [2.45, 2.75) is 38.3 Å². The van der Waals surface area contributed by atoms with Gasteiger partial charge in [0, 0.05) is 12.7 Å². The van der Waals surface area contributed by atoms with Crippen LogP contribution >= 0.6 is 0 Å². The van der Waals surface area contributed by atoms with Gasteiger partial charge in [-0.05, 0) is 45.4 Å². The van der Waals surface area contributed by atoms with Crippen LogP contribution in [0.25, 0.3) is 0 Å². The Morgan fingerprint density at radius 2 is 1.86 bits per heavy atom. The summed E-state index contributed by atoms with van der Waals surface area (Å²) < 4.78 is 0. The molecular weight excluding hydrogens is 174 g/mol. The SMILES string of the molecule is CCC1=C(NC)CCCC1(NC)NC. The van der Waals surface area contributed by atoms with E-state index in [1.807, 2.05) is 21.1 Å². The van der Waals surface area contributed by atoms with Crippen molar-refractivity contribution in [2.24, 2.45) is 0 Å². The first kappa shape index (κ1) is 11.5. The smallest absolute Gasteiger partial charge is 0.0923 e. The number of hydrogen-bond acceptors (Lipinski definition) is 3. The van der Waals surface area contributed by atoms with Crippen LogP contribution in [0.15, 0.2) is 11.3 Å². The van der Waals surface area contributed by atoms with Gasteiger partial charge in [-0.2, -0.15) is 0 Å². The van der Waals surface area contributed by atoms with E-state index in [9.17, 15) is 0 Å². The molecule has 0 aromatic rings. The summed E-state index contributed by atoms with van der Waals surface area (Å²) in [7, 11) is 6.09. The van der Waals surface area contributed by atoms with Gasteiger partial charge in [0.15, 0.2) is 0 Å². The van der Waals surface area contributed by atoms with E-state index in [0.29, 0.717) is 0 Å². The maximum absolute atomic E-state index is 3.42. The first-order valence-electron chi connectivity index (χ1n) is 5.52. The Labute approximate surface area is 87.3 Å². The van der Waals surface area contributed by atoms with Crippen LogP contribution in [0.5, 0.6) is 0 Å². The predicted octanol–water partition coefficient (Wildman–Crippen LogP) is 1.19. The molecule has 0 fully saturated rings. The molecule has 1 aliphatic carbocycles. The molecule has 0 atom stereocenters. The van der Waals surface area contributed by atoms with Crippen LogP contribution < -0.4 is 16.0 Å². The van der Waals surface area contributed by atoms with Crippen molar-refractivity contribution in [1.82, 2.24) is 16.0 Å². The standard InChI is InChI=1S/C11H23N3/c1-5-9-10(12-2)7-6-8-11(9,13-3)14-4/h12-14H,5-8H2,1-4H3. The van der Waals surface area contributed by atoms with Crippen molar-refractivity contribution in [2.75, 3.05) is 21.1 Å². The highest BCUT2D eigenvalue weighted by Crippen LogP contribution is 2.32. The van der Waals surface area contributed by atoms with E-state index in [-0.39, 0.29) is 5.66 Å². The molecule has 0 saturated heterocycles. The molecular formula is C11H23N3. The van der Waals surface area contributed by atoms with Gasteiger partial charge in [0.25, 0.3) is 0 Å². The molecule has 0 aliphatic heterocycles. The summed E-state index contributed by atoms with van der Waals surface area (Å²) in [6.07, 6.45) is 4.69. The third-order valence-corrected chi connectivity index (χ3v) is 3.37. The van der Waals surface area contributed by atoms with E-state index in [0.717, 1.165) is 6.42 Å². The minimum Gasteiger partial charge on any atom is -0.391 e. The Bertz CT molecular complexity index is 217. The highest BCUT2D eigenvalue weighted by molar-refractivity contribution is 5.27. The number of rotatable bonds is 4. The second-order valence-corrected chi connectivity index (χ2v) is 3.82. The summed E-state index contributed by atoms with van der Waals surface area (Å²) in [4.78, 5) is 0. The lowest BCUT2D eigenvalue weighted by Gasteiger charge is -2.40. The largest absolute Gasteiger partial charge is 0.391 e. The van der Waals surface area contributed by atoms with Gasteiger partial charge in [-0.15, -0.1) is 0 Å². The van der Waals surface area contributed by atoms with Crippen LogP contribution in [0.4, 0.5) is 0 Å². The van der Waals surface area contributed by atoms with Crippen molar-refractivity contribution in [3.05, 3.63) is 11.3 Å². The maximum Gasteiger partial charge on any atom is 0.0923 e. The van der Waals surface area contributed by atoms with Crippen molar-refractivity contribution in [1.29, 1.82) is 0 Å². The van der Waals surface area contributed by atoms with E-state index in [1.54, 1.807) is 0 Å². The normalized spacial score (nSPS) is 21.1. The fourth-order valence-corrected chi connectivity index (χ4v) is 2.56. The summed E-state index contributed by atoms with van der Waals surface area (Å²) in [5.74, 6) is 0. The van der Waals surface area contributed by atoms with Crippen LogP contribution in [0.2, 0.25) is 0 Å². The topological polar surface area (TPSA) is 36.1 Å². The molecule has 0 aromatic heterocycles. The highest BCUT2D eigenvalue weighted by Gasteiger charge is 2.34. The molecule has 3 N–H and O–H groups in total. The molecule has 14 heavy (non-hydrogen) atoms. The van der Waals surface area contributed by atoms with Crippen LogP contribution in [0, 0.1) is 0 Å². The van der Waals surface area contributed by atoms with Gasteiger partial charge in [-0.1, -0.05) is 6.92 Å². The van der Waals surface area contributed by atoms with Crippen molar-refractivity contribution in [3.8, 4) is 0 Å². The number of hydrogen-bond donors (Lipinski definition) is 3. The summed E-state index contributed by atoms with van der Waals surface area (Å²) in [5, 5.41) is 10.2. The van der Waals surface area contributed by atoms with Crippen LogP contribution in [-0.2, 0) is 0 Å². The second kappa shape index (κ2) is 4.80. The van der Waals surface area contributed by atoms with Gasteiger partial charge >= 0.3 is 0 Å². The lowest BCUT2D eigenvalue weighted by Crippen LogP contribution is -2.57. The van der Waals surface area contributed by atoms with Crippen molar-refractivity contribution >= 4 is 0 Å². The van der Waals surface area contributed by atoms with Gasteiger partial charge in [-0.3, -0.25) is 10.6 Å². The molecule has 0 amide bonds. The number of allylic oxidation sites excluding steroid dienone is 1. The zero-order valence-corrected chi connectivity index (χ0v) is 9.83. The first-order chi connectivity index (χ1) is 6.74. The zero-order valence-electron chi connectivity index (χ0n) is 9.83. The minimum atomic E-state index is 0.0192. The zero-order chi connectivity index (χ0) is 10.6. The van der Waals surface area contributed by atoms with E-state index in [4.69, 9.17) is 0 Å². The molecule has 0 heterocycles. The van der Waals surface area contributed by atoms with E-state index >= 15 is 0 Å². The Kier molecular flexibility index (Phi) is 3.96. The fourth-order valence-electron chi connectivity index (χ4n) is 2.56. The molecule has 0 saturated carbocycles. The van der Waals surface area contributed by atoms with Crippen molar-refractivity contribution < 1.29 is 0 Å². The minimum absolute atomic E-state index is 0.0192. The second-order valence-electron chi connectivity index (χ2n) is 3.82. The van der Waals surface area contributed by atoms with Crippen LogP contribution in [-0.4, -0.2) is 26.8 Å². The fraction of sp³-hybridized carbons (Fsp3) is 0.818. The van der Waals surface area contributed by atoms with E-state index in [1.165, 1.54) is 30.5 Å². The van der Waals surface area contributed by atoms with E-state index in [2.05, 4.69) is 22.9 Å². The Balaban J connectivity index is 3.05. The Hall–Kier alpha value is -0.540. The van der Waals surface area contributed by atoms with Gasteiger partial charge < -0.3 is 5.32 Å². The summed E-state index contributed by atoms with van der Waals surface area (Å²) in [5.41, 5.74) is 2.91. The van der Waals surface area contributed by atoms with Gasteiger partial charge in [0.1, 0.15) is 0 Å². The third kappa shape index (κ3) is 1.79. The molecule has 1 rings (SSSR count). The lowest BCUT2D eigenvalue weighted by molar-refractivity contribution is 0.292. The number of nitrogens with one attached hydrogen (secondary N) is 3. The van der Waals surface area contributed by atoms with Gasteiger partial charge in [0.05, 0.1) is 5.66 Å². The molecule has 1 aliphatic rings.